The predicted molar refractivity (Wildman–Crippen MR) is 101 cm³/mol. The van der Waals surface area contributed by atoms with Crippen molar-refractivity contribution < 1.29 is 33.3 Å². The van der Waals surface area contributed by atoms with Crippen molar-refractivity contribution in [2.45, 2.75) is 38.5 Å². The fourth-order valence-electron chi connectivity index (χ4n) is 2.68. The van der Waals surface area contributed by atoms with E-state index in [0.29, 0.717) is 0 Å². The molecule has 29 heavy (non-hydrogen) atoms. The van der Waals surface area contributed by atoms with Gasteiger partial charge < -0.3 is 24.2 Å². The quantitative estimate of drug-likeness (QED) is 0.362. The number of hydrogen-bond donors (Lipinski definition) is 5. The molecule has 0 bridgehead atoms. The average Bonchev–Trinajstić information content (AvgIpc) is 3.15. The monoisotopic (exact) mass is 451 g/mol. The Morgan fingerprint density at radius 3 is 2.86 bits per heavy atom. The van der Waals surface area contributed by atoms with Gasteiger partial charge in [0.1, 0.15) is 12.2 Å². The minimum atomic E-state index is -4.03. The number of alkyl halides is 1. The summed E-state index contributed by atoms with van der Waals surface area (Å²) in [6, 6.07) is 0. The number of rotatable bonds is 6. The minimum Gasteiger partial charge on any atom is -0.385 e. The molecule has 0 radical (unpaired) electrons. The molecule has 1 unspecified atom stereocenters. The number of aromatic nitrogens is 4. The highest BCUT2D eigenvalue weighted by Crippen LogP contribution is 2.39. The maximum atomic E-state index is 14.4. The first kappa shape index (κ1) is 21.9. The number of ether oxygens (including phenoxy) is 1. The molecule has 3 heterocycles. The summed E-state index contributed by atoms with van der Waals surface area (Å²) in [5.74, 6) is -0.903. The number of H-pyrrole nitrogens is 1. The van der Waals surface area contributed by atoms with E-state index in [1.807, 2.05) is 0 Å². The Hall–Kier alpha value is -1.80. The lowest BCUT2D eigenvalue weighted by Crippen LogP contribution is -2.30. The largest absolute Gasteiger partial charge is 0.385 e. The number of aliphatic hydroxyl groups is 1. The van der Waals surface area contributed by atoms with Crippen LogP contribution in [-0.2, 0) is 25.9 Å². The Morgan fingerprint density at radius 1 is 1.55 bits per heavy atom. The highest BCUT2D eigenvalue weighted by atomic mass is 32.5. The van der Waals surface area contributed by atoms with Crippen LogP contribution in [-0.4, -0.2) is 65.3 Å². The summed E-state index contributed by atoms with van der Waals surface area (Å²) >= 11 is 4.30. The Morgan fingerprint density at radius 2 is 2.24 bits per heavy atom. The molecule has 3 rings (SSSR count). The summed E-state index contributed by atoms with van der Waals surface area (Å²) < 4.78 is 25.6. The van der Waals surface area contributed by atoms with E-state index in [2.05, 4.69) is 36.6 Å². The maximum Gasteiger partial charge on any atom is 0.321 e. The summed E-state index contributed by atoms with van der Waals surface area (Å²) in [6.07, 6.45) is -5.18. The molecule has 1 amide bonds. The van der Waals surface area contributed by atoms with Crippen LogP contribution in [0.5, 0.6) is 0 Å². The van der Waals surface area contributed by atoms with Gasteiger partial charge >= 0.3 is 6.72 Å². The standard InChI is InChI=1S/C14H19FN5O7PS/c1-5(2)11(22)18-14-17-10-8(12(23)19-14)16-4-20(10)13-9(21)7(15)6(27-13)3-26-28(24,25)29/h4-7,9,13,21H,3H2,1-2H3,(H2,24,25,29)(H2,17,18,19,22,23)/t6-,7?,9+,13-/m1/s1. The number of nitrogens with zero attached hydrogens (tertiary/aromatic N) is 3. The van der Waals surface area contributed by atoms with Gasteiger partial charge in [-0.15, -0.1) is 0 Å². The molecule has 1 aliphatic rings. The van der Waals surface area contributed by atoms with Gasteiger partial charge in [0.15, 0.2) is 23.6 Å². The predicted octanol–water partition coefficient (Wildman–Crippen LogP) is -0.464. The molecular weight excluding hydrogens is 432 g/mol. The third kappa shape index (κ3) is 4.69. The van der Waals surface area contributed by atoms with Gasteiger partial charge in [-0.2, -0.15) is 4.98 Å². The number of fused-ring (bicyclic) bond motifs is 1. The third-order valence-electron chi connectivity index (χ3n) is 4.17. The van der Waals surface area contributed by atoms with Gasteiger partial charge in [0.25, 0.3) is 5.56 Å². The number of imidazole rings is 1. The molecule has 160 valence electrons. The molecule has 5 N–H and O–H groups in total. The summed E-state index contributed by atoms with van der Waals surface area (Å²) in [6.45, 7) is -1.32. The second kappa shape index (κ2) is 8.14. The highest BCUT2D eigenvalue weighted by molar-refractivity contribution is 8.06. The SMILES string of the molecule is CC(C)C(=O)Nc1nc2c(ncn2[C@@H]2O[C@H](COP(O)(O)=S)C(F)[C@@H]2O)c(=O)[nH]1. The first-order valence-corrected chi connectivity index (χ1v) is 11.1. The number of carbonyl (C=O) groups excluding carboxylic acids is 1. The van der Waals surface area contributed by atoms with Crippen LogP contribution >= 0.6 is 6.72 Å². The minimum absolute atomic E-state index is 0.0555. The van der Waals surface area contributed by atoms with Gasteiger partial charge in [-0.25, -0.2) is 9.37 Å². The molecule has 2 aromatic rings. The fourth-order valence-corrected chi connectivity index (χ4v) is 3.20. The molecule has 0 aromatic carbocycles. The Kier molecular flexibility index (Phi) is 6.15. The smallest absolute Gasteiger partial charge is 0.321 e. The number of halogens is 1. The molecule has 0 aliphatic carbocycles. The molecule has 2 aromatic heterocycles. The first-order chi connectivity index (χ1) is 13.5. The van der Waals surface area contributed by atoms with Crippen LogP contribution in [0.3, 0.4) is 0 Å². The molecule has 4 atom stereocenters. The van der Waals surface area contributed by atoms with Gasteiger partial charge in [0, 0.05) is 5.92 Å². The van der Waals surface area contributed by atoms with Crippen molar-refractivity contribution in [1.82, 2.24) is 19.5 Å². The molecule has 0 spiro atoms. The number of aromatic amines is 1. The van der Waals surface area contributed by atoms with Gasteiger partial charge in [-0.3, -0.25) is 24.5 Å². The third-order valence-corrected chi connectivity index (χ3v) is 4.97. The summed E-state index contributed by atoms with van der Waals surface area (Å²) in [4.78, 5) is 52.7. The first-order valence-electron chi connectivity index (χ1n) is 8.43. The second-order valence-electron chi connectivity index (χ2n) is 6.67. The van der Waals surface area contributed by atoms with E-state index in [-0.39, 0.29) is 28.9 Å². The Balaban J connectivity index is 1.91. The lowest BCUT2D eigenvalue weighted by Gasteiger charge is -2.17. The van der Waals surface area contributed by atoms with Gasteiger partial charge in [-0.05, 0) is 11.8 Å². The topological polar surface area (TPSA) is 172 Å². The Bertz CT molecular complexity index is 1020. The zero-order valence-corrected chi connectivity index (χ0v) is 16.9. The van der Waals surface area contributed by atoms with Gasteiger partial charge in [0.2, 0.25) is 11.9 Å². The molecule has 0 saturated carbocycles. The molecule has 15 heteroatoms. The van der Waals surface area contributed by atoms with Crippen molar-refractivity contribution in [3.05, 3.63) is 16.7 Å². The van der Waals surface area contributed by atoms with E-state index >= 15 is 0 Å². The van der Waals surface area contributed by atoms with Crippen molar-refractivity contribution in [1.29, 1.82) is 0 Å². The fraction of sp³-hybridized carbons (Fsp3) is 0.571. The van der Waals surface area contributed by atoms with E-state index in [1.54, 1.807) is 13.8 Å². The van der Waals surface area contributed by atoms with Crippen LogP contribution in [0.25, 0.3) is 11.2 Å². The zero-order valence-electron chi connectivity index (χ0n) is 15.2. The number of nitrogens with one attached hydrogen (secondary N) is 2. The number of amides is 1. The van der Waals surface area contributed by atoms with E-state index < -0.39 is 43.5 Å². The highest BCUT2D eigenvalue weighted by Gasteiger charge is 2.46. The average molecular weight is 451 g/mol. The van der Waals surface area contributed by atoms with Crippen molar-refractivity contribution in [2.24, 2.45) is 5.92 Å². The number of carbonyl (C=O) groups is 1. The summed E-state index contributed by atoms with van der Waals surface area (Å²) in [5.41, 5.74) is -0.821. The van der Waals surface area contributed by atoms with E-state index in [4.69, 9.17) is 14.5 Å². The Labute approximate surface area is 167 Å². The van der Waals surface area contributed by atoms with Gasteiger partial charge in [-0.1, -0.05) is 13.8 Å². The lowest BCUT2D eigenvalue weighted by molar-refractivity contribution is -0.118. The van der Waals surface area contributed by atoms with E-state index in [9.17, 15) is 19.1 Å². The van der Waals surface area contributed by atoms with E-state index in [0.717, 1.165) is 10.9 Å². The normalized spacial score (nSPS) is 25.1. The van der Waals surface area contributed by atoms with Crippen LogP contribution in [0.15, 0.2) is 11.1 Å². The maximum absolute atomic E-state index is 14.4. The molecule has 1 saturated heterocycles. The van der Waals surface area contributed by atoms with Crippen molar-refractivity contribution >= 4 is 41.5 Å². The van der Waals surface area contributed by atoms with Crippen LogP contribution in [0.2, 0.25) is 0 Å². The van der Waals surface area contributed by atoms with Crippen LogP contribution < -0.4 is 10.9 Å². The van der Waals surface area contributed by atoms with E-state index in [1.165, 1.54) is 0 Å². The molecule has 1 aliphatic heterocycles. The van der Waals surface area contributed by atoms with Crippen molar-refractivity contribution in [2.75, 3.05) is 11.9 Å². The molecular formula is C14H19FN5O7PS. The summed E-state index contributed by atoms with van der Waals surface area (Å²) in [7, 11) is 0. The summed E-state index contributed by atoms with van der Waals surface area (Å²) in [5, 5.41) is 12.7. The van der Waals surface area contributed by atoms with Crippen molar-refractivity contribution in [3.63, 3.8) is 0 Å². The molecule has 12 nitrogen and oxygen atoms in total. The molecule has 1 fully saturated rings. The zero-order chi connectivity index (χ0) is 21.5. The van der Waals surface area contributed by atoms with Crippen LogP contribution in [0.1, 0.15) is 20.1 Å². The number of hydrogen-bond acceptors (Lipinski definition) is 8. The lowest BCUT2D eigenvalue weighted by atomic mass is 10.1. The van der Waals surface area contributed by atoms with Crippen LogP contribution in [0.4, 0.5) is 10.3 Å². The number of anilines is 1. The van der Waals surface area contributed by atoms with Crippen molar-refractivity contribution in [3.8, 4) is 0 Å². The van der Waals surface area contributed by atoms with Crippen LogP contribution in [0, 0.1) is 5.92 Å². The second-order valence-corrected chi connectivity index (χ2v) is 9.34. The van der Waals surface area contributed by atoms with Gasteiger partial charge in [0.05, 0.1) is 12.9 Å². The number of aliphatic hydroxyl groups excluding tert-OH is 1.